The third-order valence-corrected chi connectivity index (χ3v) is 8.78. The molecule has 4 rings (SSSR count). The molecule has 1 fully saturated rings. The van der Waals surface area contributed by atoms with E-state index in [9.17, 15) is 16.8 Å². The number of fused-ring (bicyclic) bond motifs is 1. The zero-order chi connectivity index (χ0) is 22.1. The molecular formula is C20H23ClN2O6S2. The fourth-order valence-corrected chi connectivity index (χ4v) is 6.34. The number of sulfonamides is 2. The van der Waals surface area contributed by atoms with Gasteiger partial charge in [0, 0.05) is 26.1 Å². The van der Waals surface area contributed by atoms with E-state index in [1.165, 1.54) is 28.6 Å². The lowest BCUT2D eigenvalue weighted by Crippen LogP contribution is -2.28. The minimum absolute atomic E-state index is 0.00742. The molecule has 31 heavy (non-hydrogen) atoms. The highest BCUT2D eigenvalue weighted by Gasteiger charge is 2.27. The van der Waals surface area contributed by atoms with Crippen molar-refractivity contribution in [1.82, 2.24) is 9.03 Å². The third-order valence-electron chi connectivity index (χ3n) is 5.17. The smallest absolute Gasteiger partial charge is 0.243 e. The molecule has 0 spiro atoms. The van der Waals surface area contributed by atoms with Crippen LogP contribution in [0.15, 0.2) is 46.2 Å². The van der Waals surface area contributed by atoms with Crippen LogP contribution >= 0.6 is 11.6 Å². The Labute approximate surface area is 187 Å². The highest BCUT2D eigenvalue weighted by molar-refractivity contribution is 7.89. The summed E-state index contributed by atoms with van der Waals surface area (Å²) in [5.74, 6) is 0.941. The Morgan fingerprint density at radius 1 is 0.903 bits per heavy atom. The first-order chi connectivity index (χ1) is 14.8. The first-order valence-electron chi connectivity index (χ1n) is 9.95. The lowest BCUT2D eigenvalue weighted by atomic mass is 10.2. The van der Waals surface area contributed by atoms with Crippen LogP contribution in [0, 0.1) is 0 Å². The van der Waals surface area contributed by atoms with Gasteiger partial charge in [0.1, 0.15) is 0 Å². The fraction of sp³-hybridized carbons (Fsp3) is 0.400. The summed E-state index contributed by atoms with van der Waals surface area (Å²) >= 11 is 6.26. The predicted octanol–water partition coefficient (Wildman–Crippen LogP) is 2.76. The highest BCUT2D eigenvalue weighted by atomic mass is 35.5. The Kier molecular flexibility index (Phi) is 6.45. The molecule has 0 amide bonds. The van der Waals surface area contributed by atoms with Gasteiger partial charge in [0.15, 0.2) is 11.5 Å². The summed E-state index contributed by atoms with van der Waals surface area (Å²) in [7, 11) is -7.45. The third kappa shape index (κ3) is 4.83. The van der Waals surface area contributed by atoms with E-state index in [4.69, 9.17) is 21.1 Å². The number of nitrogens with one attached hydrogen (secondary N) is 1. The largest absolute Gasteiger partial charge is 0.489 e. The number of nitrogens with zero attached hydrogens (tertiary/aromatic N) is 1. The average Bonchev–Trinajstić information content (AvgIpc) is 3.19. The summed E-state index contributed by atoms with van der Waals surface area (Å²) in [6.45, 7) is 1.96. The monoisotopic (exact) mass is 486 g/mol. The molecule has 168 valence electrons. The van der Waals surface area contributed by atoms with Gasteiger partial charge in [0.2, 0.25) is 20.0 Å². The molecule has 1 saturated heterocycles. The Balaban J connectivity index is 1.48. The van der Waals surface area contributed by atoms with E-state index in [-0.39, 0.29) is 16.3 Å². The van der Waals surface area contributed by atoms with Gasteiger partial charge in [-0.15, -0.1) is 0 Å². The molecule has 11 heteroatoms. The van der Waals surface area contributed by atoms with Crippen molar-refractivity contribution in [2.75, 3.05) is 26.3 Å². The van der Waals surface area contributed by atoms with Crippen LogP contribution in [0.1, 0.15) is 24.8 Å². The fourth-order valence-electron chi connectivity index (χ4n) is 3.52. The van der Waals surface area contributed by atoms with Crippen LogP contribution in [0.2, 0.25) is 5.02 Å². The number of halogens is 1. The second-order valence-corrected chi connectivity index (χ2v) is 11.5. The van der Waals surface area contributed by atoms with E-state index in [1.54, 1.807) is 12.1 Å². The van der Waals surface area contributed by atoms with Crippen molar-refractivity contribution in [2.24, 2.45) is 0 Å². The van der Waals surface area contributed by atoms with Crippen LogP contribution in [0.3, 0.4) is 0 Å². The number of ether oxygens (including phenoxy) is 2. The van der Waals surface area contributed by atoms with Gasteiger partial charge in [-0.1, -0.05) is 11.6 Å². The maximum absolute atomic E-state index is 12.7. The Hall–Kier alpha value is -1.85. The van der Waals surface area contributed by atoms with Crippen LogP contribution in [-0.2, 0) is 26.6 Å². The lowest BCUT2D eigenvalue weighted by molar-refractivity contribution is 0.297. The SMILES string of the molecule is O=S(=O)(NCc1cc(Cl)c2c(c1)OCCCO2)c1ccc(S(=O)(=O)N2CCCC2)cc1. The zero-order valence-corrected chi connectivity index (χ0v) is 19.1. The van der Waals surface area contributed by atoms with Crippen molar-refractivity contribution in [3.05, 3.63) is 47.0 Å². The summed E-state index contributed by atoms with van der Waals surface area (Å²) in [6.07, 6.45) is 2.40. The molecule has 0 aliphatic carbocycles. The number of hydrogen-bond acceptors (Lipinski definition) is 6. The molecule has 2 aromatic rings. The maximum atomic E-state index is 12.7. The second kappa shape index (κ2) is 8.95. The summed E-state index contributed by atoms with van der Waals surface area (Å²) in [4.78, 5) is 0.0661. The topological polar surface area (TPSA) is 102 Å². The minimum atomic E-state index is -3.85. The summed E-state index contributed by atoms with van der Waals surface area (Å²) in [6, 6.07) is 8.57. The van der Waals surface area contributed by atoms with Crippen LogP contribution < -0.4 is 14.2 Å². The molecule has 0 aromatic heterocycles. The van der Waals surface area contributed by atoms with Crippen molar-refractivity contribution < 1.29 is 26.3 Å². The van der Waals surface area contributed by atoms with Gasteiger partial charge < -0.3 is 9.47 Å². The normalized spacial score (nSPS) is 17.5. The van der Waals surface area contributed by atoms with E-state index in [1.807, 2.05) is 0 Å². The van der Waals surface area contributed by atoms with Gasteiger partial charge in [0.25, 0.3) is 0 Å². The molecular weight excluding hydrogens is 464 g/mol. The van der Waals surface area contributed by atoms with Crippen molar-refractivity contribution in [1.29, 1.82) is 0 Å². The van der Waals surface area contributed by atoms with Gasteiger partial charge >= 0.3 is 0 Å². The molecule has 0 saturated carbocycles. The van der Waals surface area contributed by atoms with Crippen molar-refractivity contribution >= 4 is 31.6 Å². The second-order valence-electron chi connectivity index (χ2n) is 7.36. The Morgan fingerprint density at radius 2 is 1.55 bits per heavy atom. The standard InChI is InChI=1S/C20H23ClN2O6S2/c21-18-12-15(13-19-20(18)29-11-3-10-28-19)14-22-30(24,25)16-4-6-17(7-5-16)31(26,27)23-8-1-2-9-23/h4-7,12-13,22H,1-3,8-11,14H2. The van der Waals surface area contributed by atoms with E-state index < -0.39 is 20.0 Å². The molecule has 0 unspecified atom stereocenters. The van der Waals surface area contributed by atoms with Gasteiger partial charge in [-0.05, 0) is 54.8 Å². The van der Waals surface area contributed by atoms with Crippen molar-refractivity contribution in [2.45, 2.75) is 35.6 Å². The van der Waals surface area contributed by atoms with E-state index in [2.05, 4.69) is 4.72 Å². The first-order valence-corrected chi connectivity index (χ1v) is 13.3. The first kappa shape index (κ1) is 22.3. The van der Waals surface area contributed by atoms with Crippen molar-refractivity contribution in [3.8, 4) is 11.5 Å². The van der Waals surface area contributed by atoms with E-state index in [0.29, 0.717) is 48.4 Å². The maximum Gasteiger partial charge on any atom is 0.243 e. The summed E-state index contributed by atoms with van der Waals surface area (Å²) in [5, 5.41) is 0.352. The van der Waals surface area contributed by atoms with Gasteiger partial charge in [0.05, 0.1) is 28.0 Å². The van der Waals surface area contributed by atoms with Gasteiger partial charge in [-0.25, -0.2) is 21.6 Å². The number of benzene rings is 2. The average molecular weight is 487 g/mol. The summed E-state index contributed by atoms with van der Waals surface area (Å²) < 4.78 is 65.7. The van der Waals surface area contributed by atoms with E-state index in [0.717, 1.165) is 19.3 Å². The van der Waals surface area contributed by atoms with Crippen LogP contribution in [0.4, 0.5) is 0 Å². The molecule has 8 nitrogen and oxygen atoms in total. The van der Waals surface area contributed by atoms with Gasteiger partial charge in [-0.2, -0.15) is 4.31 Å². The molecule has 1 N–H and O–H groups in total. The lowest BCUT2D eigenvalue weighted by Gasteiger charge is -2.16. The van der Waals surface area contributed by atoms with Crippen molar-refractivity contribution in [3.63, 3.8) is 0 Å². The van der Waals surface area contributed by atoms with E-state index >= 15 is 0 Å². The molecule has 0 atom stereocenters. The Bertz CT molecular complexity index is 1160. The Morgan fingerprint density at radius 3 is 2.26 bits per heavy atom. The van der Waals surface area contributed by atoms with Crippen LogP contribution in [-0.4, -0.2) is 47.4 Å². The predicted molar refractivity (Wildman–Crippen MR) is 116 cm³/mol. The molecule has 0 bridgehead atoms. The molecule has 2 aromatic carbocycles. The van der Waals surface area contributed by atoms with Crippen LogP contribution in [0.5, 0.6) is 11.5 Å². The number of rotatable bonds is 6. The van der Waals surface area contributed by atoms with Crippen LogP contribution in [0.25, 0.3) is 0 Å². The summed E-state index contributed by atoms with van der Waals surface area (Å²) in [5.41, 5.74) is 0.617. The molecule has 2 heterocycles. The molecule has 2 aliphatic rings. The molecule has 2 aliphatic heterocycles. The number of hydrogen-bond donors (Lipinski definition) is 1. The molecule has 0 radical (unpaired) electrons. The quantitative estimate of drug-likeness (QED) is 0.673. The minimum Gasteiger partial charge on any atom is -0.489 e. The zero-order valence-electron chi connectivity index (χ0n) is 16.7. The van der Waals surface area contributed by atoms with Gasteiger partial charge in [-0.3, -0.25) is 0 Å². The highest BCUT2D eigenvalue weighted by Crippen LogP contribution is 2.38.